The molecule has 0 saturated heterocycles. The molecule has 3 rings (SSSR count). The van der Waals surface area contributed by atoms with Gasteiger partial charge in [0.15, 0.2) is 0 Å². The SMILES string of the molecule is COc1ccc2nc(CCl)n(Cc3cccc(Br)c3)c2c1. The number of methoxy groups -OCH3 is 1. The Bertz CT molecular complexity index is 785. The molecule has 0 radical (unpaired) electrons. The molecular formula is C16H14BrClN2O. The molecule has 3 nitrogen and oxygen atoms in total. The first-order valence-electron chi connectivity index (χ1n) is 6.55. The third-order valence-electron chi connectivity index (χ3n) is 3.38. The molecule has 0 unspecified atom stereocenters. The monoisotopic (exact) mass is 364 g/mol. The third-order valence-corrected chi connectivity index (χ3v) is 4.12. The maximum absolute atomic E-state index is 6.05. The van der Waals surface area contributed by atoms with Crippen molar-refractivity contribution in [3.63, 3.8) is 0 Å². The van der Waals surface area contributed by atoms with Gasteiger partial charge in [0, 0.05) is 17.1 Å². The minimum Gasteiger partial charge on any atom is -0.497 e. The van der Waals surface area contributed by atoms with Crippen LogP contribution in [-0.4, -0.2) is 16.7 Å². The van der Waals surface area contributed by atoms with Crippen LogP contribution in [0.3, 0.4) is 0 Å². The molecule has 0 spiro atoms. The van der Waals surface area contributed by atoms with Gasteiger partial charge < -0.3 is 9.30 Å². The Morgan fingerprint density at radius 1 is 1.24 bits per heavy atom. The lowest BCUT2D eigenvalue weighted by molar-refractivity contribution is 0.415. The zero-order chi connectivity index (χ0) is 14.8. The number of alkyl halides is 1. The summed E-state index contributed by atoms with van der Waals surface area (Å²) in [6, 6.07) is 14.1. The van der Waals surface area contributed by atoms with Crippen LogP contribution in [0.5, 0.6) is 5.75 Å². The van der Waals surface area contributed by atoms with E-state index in [1.807, 2.05) is 30.3 Å². The summed E-state index contributed by atoms with van der Waals surface area (Å²) in [6.07, 6.45) is 0. The molecular weight excluding hydrogens is 352 g/mol. The van der Waals surface area contributed by atoms with E-state index in [9.17, 15) is 0 Å². The predicted octanol–water partition coefficient (Wildman–Crippen LogP) is 4.59. The van der Waals surface area contributed by atoms with E-state index in [1.54, 1.807) is 7.11 Å². The fourth-order valence-corrected chi connectivity index (χ4v) is 3.03. The van der Waals surface area contributed by atoms with Gasteiger partial charge in [0.2, 0.25) is 0 Å². The smallest absolute Gasteiger partial charge is 0.125 e. The first-order valence-corrected chi connectivity index (χ1v) is 7.87. The molecule has 1 heterocycles. The van der Waals surface area contributed by atoms with Crippen molar-refractivity contribution in [2.45, 2.75) is 12.4 Å². The van der Waals surface area contributed by atoms with Gasteiger partial charge in [-0.1, -0.05) is 28.1 Å². The summed E-state index contributed by atoms with van der Waals surface area (Å²) in [5, 5.41) is 0. The van der Waals surface area contributed by atoms with Gasteiger partial charge >= 0.3 is 0 Å². The van der Waals surface area contributed by atoms with Crippen LogP contribution >= 0.6 is 27.5 Å². The molecule has 2 aromatic carbocycles. The van der Waals surface area contributed by atoms with Gasteiger partial charge in [-0.05, 0) is 29.8 Å². The van der Waals surface area contributed by atoms with Gasteiger partial charge in [-0.25, -0.2) is 4.98 Å². The average Bonchev–Trinajstić information content (AvgIpc) is 2.84. The second-order valence-corrected chi connectivity index (χ2v) is 5.92. The normalized spacial score (nSPS) is 11.0. The number of hydrogen-bond donors (Lipinski definition) is 0. The van der Waals surface area contributed by atoms with Crippen molar-refractivity contribution in [3.8, 4) is 5.75 Å². The van der Waals surface area contributed by atoms with E-state index in [-0.39, 0.29) is 0 Å². The zero-order valence-electron chi connectivity index (χ0n) is 11.5. The first-order chi connectivity index (χ1) is 10.2. The average molecular weight is 366 g/mol. The largest absolute Gasteiger partial charge is 0.497 e. The second-order valence-electron chi connectivity index (χ2n) is 4.73. The Morgan fingerprint density at radius 3 is 2.81 bits per heavy atom. The molecule has 108 valence electrons. The molecule has 0 bridgehead atoms. The quantitative estimate of drug-likeness (QED) is 0.632. The number of nitrogens with zero attached hydrogens (tertiary/aromatic N) is 2. The highest BCUT2D eigenvalue weighted by atomic mass is 79.9. The fraction of sp³-hybridized carbons (Fsp3) is 0.188. The van der Waals surface area contributed by atoms with Crippen LogP contribution in [0.25, 0.3) is 11.0 Å². The first kappa shape index (κ1) is 14.4. The van der Waals surface area contributed by atoms with Gasteiger partial charge in [0.05, 0.1) is 24.0 Å². The zero-order valence-corrected chi connectivity index (χ0v) is 13.9. The minimum atomic E-state index is 0.380. The molecule has 0 saturated carbocycles. The standard InChI is InChI=1S/C16H14BrClN2O/c1-21-13-5-6-14-15(8-13)20(16(9-18)19-14)10-11-3-2-4-12(17)7-11/h2-8H,9-10H2,1H3. The Hall–Kier alpha value is -1.52. The number of benzene rings is 2. The molecule has 0 fully saturated rings. The van der Waals surface area contributed by atoms with Crippen LogP contribution < -0.4 is 4.74 Å². The van der Waals surface area contributed by atoms with Crippen LogP contribution in [0.4, 0.5) is 0 Å². The van der Waals surface area contributed by atoms with Crippen molar-refractivity contribution < 1.29 is 4.74 Å². The van der Waals surface area contributed by atoms with Crippen LogP contribution in [0.15, 0.2) is 46.9 Å². The van der Waals surface area contributed by atoms with Crippen molar-refractivity contribution in [2.24, 2.45) is 0 Å². The van der Waals surface area contributed by atoms with Crippen molar-refractivity contribution in [1.82, 2.24) is 9.55 Å². The van der Waals surface area contributed by atoms with Gasteiger partial charge in [-0.2, -0.15) is 0 Å². The van der Waals surface area contributed by atoms with E-state index in [2.05, 4.69) is 37.6 Å². The summed E-state index contributed by atoms with van der Waals surface area (Å²) in [6.45, 7) is 0.727. The van der Waals surface area contributed by atoms with Gasteiger partial charge in [0.25, 0.3) is 0 Å². The lowest BCUT2D eigenvalue weighted by atomic mass is 10.2. The molecule has 0 aliphatic rings. The van der Waals surface area contributed by atoms with Crippen LogP contribution in [0.1, 0.15) is 11.4 Å². The second kappa shape index (κ2) is 6.08. The summed E-state index contributed by atoms with van der Waals surface area (Å²) >= 11 is 9.55. The summed E-state index contributed by atoms with van der Waals surface area (Å²) in [4.78, 5) is 4.59. The van der Waals surface area contributed by atoms with Crippen molar-refractivity contribution >= 4 is 38.6 Å². The molecule has 0 aliphatic carbocycles. The molecule has 1 aromatic heterocycles. The van der Waals surface area contributed by atoms with E-state index in [0.717, 1.165) is 33.6 Å². The number of ether oxygens (including phenoxy) is 1. The summed E-state index contributed by atoms with van der Waals surface area (Å²) in [5.74, 6) is 2.06. The van der Waals surface area contributed by atoms with E-state index >= 15 is 0 Å². The van der Waals surface area contributed by atoms with Crippen molar-refractivity contribution in [2.75, 3.05) is 7.11 Å². The fourth-order valence-electron chi connectivity index (χ4n) is 2.38. The predicted molar refractivity (Wildman–Crippen MR) is 89.1 cm³/mol. The summed E-state index contributed by atoms with van der Waals surface area (Å²) in [7, 11) is 1.67. The van der Waals surface area contributed by atoms with Crippen molar-refractivity contribution in [3.05, 3.63) is 58.3 Å². The number of fused-ring (bicyclic) bond motifs is 1. The summed E-state index contributed by atoms with van der Waals surface area (Å²) < 4.78 is 8.50. The van der Waals surface area contributed by atoms with Gasteiger partial charge in [-0.15, -0.1) is 11.6 Å². The number of hydrogen-bond acceptors (Lipinski definition) is 2. The number of halogens is 2. The summed E-state index contributed by atoms with van der Waals surface area (Å²) in [5.41, 5.74) is 3.16. The molecule has 5 heteroatoms. The highest BCUT2D eigenvalue weighted by Crippen LogP contribution is 2.24. The number of rotatable bonds is 4. The topological polar surface area (TPSA) is 27.1 Å². The Balaban J connectivity index is 2.10. The maximum atomic E-state index is 6.05. The number of imidazole rings is 1. The molecule has 0 amide bonds. The molecule has 0 aliphatic heterocycles. The van der Waals surface area contributed by atoms with Gasteiger partial charge in [0.1, 0.15) is 11.6 Å². The lowest BCUT2D eigenvalue weighted by Gasteiger charge is -2.09. The molecule has 0 N–H and O–H groups in total. The maximum Gasteiger partial charge on any atom is 0.125 e. The van der Waals surface area contributed by atoms with Crippen LogP contribution in [-0.2, 0) is 12.4 Å². The van der Waals surface area contributed by atoms with Gasteiger partial charge in [-0.3, -0.25) is 0 Å². The highest BCUT2D eigenvalue weighted by Gasteiger charge is 2.11. The third kappa shape index (κ3) is 2.92. The number of aromatic nitrogens is 2. The Morgan fingerprint density at radius 2 is 2.10 bits per heavy atom. The lowest BCUT2D eigenvalue weighted by Crippen LogP contribution is -2.03. The molecule has 21 heavy (non-hydrogen) atoms. The van der Waals surface area contributed by atoms with E-state index in [4.69, 9.17) is 16.3 Å². The molecule has 0 atom stereocenters. The van der Waals surface area contributed by atoms with Crippen molar-refractivity contribution in [1.29, 1.82) is 0 Å². The van der Waals surface area contributed by atoms with Crippen LogP contribution in [0.2, 0.25) is 0 Å². The van der Waals surface area contributed by atoms with E-state index < -0.39 is 0 Å². The van der Waals surface area contributed by atoms with Crippen LogP contribution in [0, 0.1) is 0 Å². The Kier molecular flexibility index (Phi) is 4.17. The highest BCUT2D eigenvalue weighted by molar-refractivity contribution is 9.10. The Labute approximate surface area is 136 Å². The van der Waals surface area contributed by atoms with E-state index in [0.29, 0.717) is 5.88 Å². The van der Waals surface area contributed by atoms with E-state index in [1.165, 1.54) is 5.56 Å². The molecule has 3 aromatic rings. The minimum absolute atomic E-state index is 0.380.